The van der Waals surface area contributed by atoms with Gasteiger partial charge in [-0.15, -0.1) is 0 Å². The van der Waals surface area contributed by atoms with Crippen LogP contribution < -0.4 is 9.47 Å². The van der Waals surface area contributed by atoms with Crippen molar-refractivity contribution in [3.8, 4) is 22.6 Å². The molecule has 20 heavy (non-hydrogen) atoms. The molecule has 4 nitrogen and oxygen atoms in total. The highest BCUT2D eigenvalue weighted by Gasteiger charge is 2.22. The summed E-state index contributed by atoms with van der Waals surface area (Å²) < 4.78 is 15.7. The standard InChI is InChI=1S/C16H14O4/c1-18-11-3-5-13-10(7-11)9-20-16(17)15-8-12(19-2)4-6-14(13)15/h3-8H,9H2,1-2H3. The van der Waals surface area contributed by atoms with Crippen LogP contribution in [-0.4, -0.2) is 20.2 Å². The number of methoxy groups -OCH3 is 2. The maximum atomic E-state index is 12.1. The topological polar surface area (TPSA) is 44.8 Å². The SMILES string of the molecule is COc1ccc2c(c1)COC(=O)c1cc(OC)ccc1-2. The van der Waals surface area contributed by atoms with Crippen molar-refractivity contribution in [1.29, 1.82) is 0 Å². The summed E-state index contributed by atoms with van der Waals surface area (Å²) in [5.74, 6) is 1.04. The summed E-state index contributed by atoms with van der Waals surface area (Å²) >= 11 is 0. The van der Waals surface area contributed by atoms with E-state index in [2.05, 4.69) is 0 Å². The van der Waals surface area contributed by atoms with E-state index in [0.29, 0.717) is 11.3 Å². The van der Waals surface area contributed by atoms with Crippen LogP contribution >= 0.6 is 0 Å². The third-order valence-electron chi connectivity index (χ3n) is 3.41. The number of ether oxygens (including phenoxy) is 3. The molecular weight excluding hydrogens is 256 g/mol. The first-order valence-corrected chi connectivity index (χ1v) is 6.25. The van der Waals surface area contributed by atoms with Gasteiger partial charge in [-0.2, -0.15) is 0 Å². The molecule has 0 aromatic heterocycles. The maximum absolute atomic E-state index is 12.1. The Morgan fingerprint density at radius 2 is 1.55 bits per heavy atom. The van der Waals surface area contributed by atoms with Crippen molar-refractivity contribution in [1.82, 2.24) is 0 Å². The molecule has 0 atom stereocenters. The minimum atomic E-state index is -0.339. The second kappa shape index (κ2) is 4.89. The lowest BCUT2D eigenvalue weighted by molar-refractivity contribution is 0.0478. The summed E-state index contributed by atoms with van der Waals surface area (Å²) in [7, 11) is 3.19. The Morgan fingerprint density at radius 3 is 2.25 bits per heavy atom. The van der Waals surface area contributed by atoms with Crippen LogP contribution in [0.2, 0.25) is 0 Å². The minimum Gasteiger partial charge on any atom is -0.497 e. The third-order valence-corrected chi connectivity index (χ3v) is 3.41. The molecule has 1 aliphatic rings. The van der Waals surface area contributed by atoms with Gasteiger partial charge < -0.3 is 14.2 Å². The van der Waals surface area contributed by atoms with E-state index in [-0.39, 0.29) is 12.6 Å². The summed E-state index contributed by atoms with van der Waals surface area (Å²) in [6.45, 7) is 0.238. The summed E-state index contributed by atoms with van der Waals surface area (Å²) in [6.07, 6.45) is 0. The molecule has 0 bridgehead atoms. The lowest BCUT2D eigenvalue weighted by Crippen LogP contribution is -2.03. The van der Waals surface area contributed by atoms with Crippen LogP contribution in [0.5, 0.6) is 11.5 Å². The molecule has 4 heteroatoms. The molecule has 2 aromatic carbocycles. The number of hydrogen-bond acceptors (Lipinski definition) is 4. The Kier molecular flexibility index (Phi) is 3.06. The Hall–Kier alpha value is -2.49. The van der Waals surface area contributed by atoms with Crippen molar-refractivity contribution in [3.05, 3.63) is 47.5 Å². The second-order valence-corrected chi connectivity index (χ2v) is 4.51. The van der Waals surface area contributed by atoms with Gasteiger partial charge in [0, 0.05) is 5.56 Å². The Bertz CT molecular complexity index is 676. The highest BCUT2D eigenvalue weighted by atomic mass is 16.5. The lowest BCUT2D eigenvalue weighted by atomic mass is 9.96. The molecule has 102 valence electrons. The predicted molar refractivity (Wildman–Crippen MR) is 74.1 cm³/mol. The second-order valence-electron chi connectivity index (χ2n) is 4.51. The molecule has 0 saturated carbocycles. The molecule has 0 spiro atoms. The average Bonchev–Trinajstić information content (AvgIpc) is 2.64. The molecule has 3 rings (SSSR count). The molecule has 2 aromatic rings. The lowest BCUT2D eigenvalue weighted by Gasteiger charge is -2.10. The van der Waals surface area contributed by atoms with Gasteiger partial charge in [0.15, 0.2) is 0 Å². The molecule has 0 radical (unpaired) electrons. The smallest absolute Gasteiger partial charge is 0.339 e. The molecule has 0 fully saturated rings. The highest BCUT2D eigenvalue weighted by Crippen LogP contribution is 2.35. The zero-order chi connectivity index (χ0) is 14.1. The van der Waals surface area contributed by atoms with E-state index in [4.69, 9.17) is 14.2 Å². The van der Waals surface area contributed by atoms with E-state index in [0.717, 1.165) is 22.4 Å². The van der Waals surface area contributed by atoms with Crippen LogP contribution in [0.1, 0.15) is 15.9 Å². The summed E-state index contributed by atoms with van der Waals surface area (Å²) in [5, 5.41) is 0. The van der Waals surface area contributed by atoms with Gasteiger partial charge in [0.25, 0.3) is 0 Å². The van der Waals surface area contributed by atoms with Crippen molar-refractivity contribution in [2.24, 2.45) is 0 Å². The summed E-state index contributed by atoms with van der Waals surface area (Å²) in [4.78, 5) is 12.1. The maximum Gasteiger partial charge on any atom is 0.339 e. The fraction of sp³-hybridized carbons (Fsp3) is 0.188. The Labute approximate surface area is 116 Å². The monoisotopic (exact) mass is 270 g/mol. The van der Waals surface area contributed by atoms with Gasteiger partial charge in [0.2, 0.25) is 0 Å². The van der Waals surface area contributed by atoms with Gasteiger partial charge in [0.1, 0.15) is 18.1 Å². The Morgan fingerprint density at radius 1 is 0.900 bits per heavy atom. The molecule has 0 aliphatic carbocycles. The predicted octanol–water partition coefficient (Wildman–Crippen LogP) is 3.04. The molecule has 0 saturated heterocycles. The number of carbonyl (C=O) groups excluding carboxylic acids is 1. The van der Waals surface area contributed by atoms with Crippen molar-refractivity contribution in [3.63, 3.8) is 0 Å². The molecule has 1 aliphatic heterocycles. The van der Waals surface area contributed by atoms with Crippen LogP contribution in [0, 0.1) is 0 Å². The van der Waals surface area contributed by atoms with Gasteiger partial charge in [-0.1, -0.05) is 6.07 Å². The third kappa shape index (κ3) is 1.99. The zero-order valence-corrected chi connectivity index (χ0v) is 11.3. The number of hydrogen-bond donors (Lipinski definition) is 0. The van der Waals surface area contributed by atoms with Crippen molar-refractivity contribution in [2.75, 3.05) is 14.2 Å². The van der Waals surface area contributed by atoms with Crippen molar-refractivity contribution in [2.45, 2.75) is 6.61 Å². The van der Waals surface area contributed by atoms with Crippen LogP contribution in [0.3, 0.4) is 0 Å². The normalized spacial score (nSPS) is 12.8. The molecule has 0 N–H and O–H groups in total. The highest BCUT2D eigenvalue weighted by molar-refractivity contribution is 5.99. The summed E-state index contributed by atoms with van der Waals surface area (Å²) in [5.41, 5.74) is 3.29. The molecule has 1 heterocycles. The average molecular weight is 270 g/mol. The van der Waals surface area contributed by atoms with Crippen molar-refractivity contribution >= 4 is 5.97 Å². The number of cyclic esters (lactones) is 1. The van der Waals surface area contributed by atoms with Gasteiger partial charge >= 0.3 is 5.97 Å². The first kappa shape index (κ1) is 12.5. The number of rotatable bonds is 2. The van der Waals surface area contributed by atoms with Crippen molar-refractivity contribution < 1.29 is 19.0 Å². The first-order chi connectivity index (χ1) is 9.72. The van der Waals surface area contributed by atoms with E-state index in [1.54, 1.807) is 20.3 Å². The van der Waals surface area contributed by atoms with E-state index in [1.807, 2.05) is 30.3 Å². The summed E-state index contributed by atoms with van der Waals surface area (Å²) in [6, 6.07) is 11.1. The molecular formula is C16H14O4. The number of carbonyl (C=O) groups is 1. The quantitative estimate of drug-likeness (QED) is 0.787. The minimum absolute atomic E-state index is 0.238. The number of fused-ring (bicyclic) bond motifs is 3. The number of benzene rings is 2. The number of esters is 1. The Balaban J connectivity index is 2.20. The van der Waals surface area contributed by atoms with Gasteiger partial charge in [-0.25, -0.2) is 4.79 Å². The first-order valence-electron chi connectivity index (χ1n) is 6.25. The molecule has 0 unspecified atom stereocenters. The van der Waals surface area contributed by atoms with E-state index >= 15 is 0 Å². The van der Waals surface area contributed by atoms with Crippen LogP contribution in [-0.2, 0) is 11.3 Å². The largest absolute Gasteiger partial charge is 0.497 e. The van der Waals surface area contributed by atoms with Gasteiger partial charge in [-0.05, 0) is 41.5 Å². The molecule has 0 amide bonds. The fourth-order valence-corrected chi connectivity index (χ4v) is 2.35. The van der Waals surface area contributed by atoms with Gasteiger partial charge in [-0.3, -0.25) is 0 Å². The van der Waals surface area contributed by atoms with Gasteiger partial charge in [0.05, 0.1) is 19.8 Å². The van der Waals surface area contributed by atoms with Crippen LogP contribution in [0.25, 0.3) is 11.1 Å². The fourth-order valence-electron chi connectivity index (χ4n) is 2.35. The van der Waals surface area contributed by atoms with E-state index in [1.165, 1.54) is 0 Å². The van der Waals surface area contributed by atoms with Crippen LogP contribution in [0.15, 0.2) is 36.4 Å². The van der Waals surface area contributed by atoms with Crippen LogP contribution in [0.4, 0.5) is 0 Å². The van der Waals surface area contributed by atoms with E-state index in [9.17, 15) is 4.79 Å². The van der Waals surface area contributed by atoms with E-state index < -0.39 is 0 Å². The zero-order valence-electron chi connectivity index (χ0n) is 11.3.